The Bertz CT molecular complexity index is 625. The van der Waals surface area contributed by atoms with Crippen LogP contribution in [0.2, 0.25) is 5.15 Å². The van der Waals surface area contributed by atoms with Crippen molar-refractivity contribution in [3.05, 3.63) is 41.0 Å². The second-order valence-electron chi connectivity index (χ2n) is 5.25. The first-order chi connectivity index (χ1) is 9.52. The molecule has 0 aliphatic rings. The molecule has 2 rings (SSSR count). The van der Waals surface area contributed by atoms with Gasteiger partial charge < -0.3 is 4.90 Å². The highest BCUT2D eigenvalue weighted by Gasteiger charge is 2.18. The minimum Gasteiger partial charge on any atom is -0.339 e. The molecule has 0 N–H and O–H groups in total. The highest BCUT2D eigenvalue weighted by molar-refractivity contribution is 6.30. The van der Waals surface area contributed by atoms with Crippen LogP contribution >= 0.6 is 11.6 Å². The zero-order valence-corrected chi connectivity index (χ0v) is 12.8. The molecule has 0 unspecified atom stereocenters. The molecule has 0 saturated heterocycles. The Morgan fingerprint density at radius 3 is 2.70 bits per heavy atom. The van der Waals surface area contributed by atoms with Crippen LogP contribution in [0.5, 0.6) is 0 Å². The van der Waals surface area contributed by atoms with E-state index in [4.69, 9.17) is 11.6 Å². The number of pyridine rings is 1. The number of carbonyl (C=O) groups is 1. The molecule has 20 heavy (non-hydrogen) atoms. The highest BCUT2D eigenvalue weighted by Crippen LogP contribution is 2.22. The van der Waals surface area contributed by atoms with Gasteiger partial charge in [0.05, 0.1) is 11.1 Å². The lowest BCUT2D eigenvalue weighted by Crippen LogP contribution is -2.34. The lowest BCUT2D eigenvalue weighted by atomic mass is 10.1. The van der Waals surface area contributed by atoms with Crippen LogP contribution in [0.1, 0.15) is 31.1 Å². The highest BCUT2D eigenvalue weighted by atomic mass is 35.5. The van der Waals surface area contributed by atoms with Crippen molar-refractivity contribution in [1.82, 2.24) is 9.88 Å². The summed E-state index contributed by atoms with van der Waals surface area (Å²) < 4.78 is 0. The molecule has 1 heterocycles. The Hall–Kier alpha value is -1.61. The number of nitrogens with zero attached hydrogens (tertiary/aromatic N) is 2. The summed E-state index contributed by atoms with van der Waals surface area (Å²) in [5, 5.41) is 1.21. The van der Waals surface area contributed by atoms with Gasteiger partial charge in [0.2, 0.25) is 0 Å². The first-order valence-electron chi connectivity index (χ1n) is 6.87. The van der Waals surface area contributed by atoms with Gasteiger partial charge in [-0.3, -0.25) is 4.79 Å². The van der Waals surface area contributed by atoms with E-state index >= 15 is 0 Å². The molecule has 0 bridgehead atoms. The summed E-state index contributed by atoms with van der Waals surface area (Å²) in [7, 11) is 0. The second-order valence-corrected chi connectivity index (χ2v) is 5.63. The topological polar surface area (TPSA) is 33.2 Å². The number of para-hydroxylation sites is 1. The molecule has 106 valence electrons. The van der Waals surface area contributed by atoms with E-state index in [2.05, 4.69) is 18.8 Å². The molecule has 0 spiro atoms. The third-order valence-corrected chi connectivity index (χ3v) is 3.36. The average molecular weight is 291 g/mol. The molecule has 0 aliphatic heterocycles. The first-order valence-corrected chi connectivity index (χ1v) is 7.25. The number of hydrogen-bond donors (Lipinski definition) is 0. The lowest BCUT2D eigenvalue weighted by molar-refractivity contribution is 0.0747. The quantitative estimate of drug-likeness (QED) is 0.797. The minimum atomic E-state index is 0.0155. The summed E-state index contributed by atoms with van der Waals surface area (Å²) in [6, 6.07) is 9.25. The standard InChI is InChI=1S/C16H19ClN2O/c1-4-19(10-11(2)3)16(20)13-9-15(17)18-14-8-6-5-7-12(13)14/h5-9,11H,4,10H2,1-3H3. The molecule has 0 saturated carbocycles. The number of halogens is 1. The Kier molecular flexibility index (Phi) is 4.61. The number of carbonyl (C=O) groups excluding carboxylic acids is 1. The molecule has 2 aromatic rings. The molecule has 3 nitrogen and oxygen atoms in total. The zero-order valence-electron chi connectivity index (χ0n) is 12.1. The van der Waals surface area contributed by atoms with Crippen LogP contribution in [-0.4, -0.2) is 28.9 Å². The van der Waals surface area contributed by atoms with E-state index < -0.39 is 0 Å². The minimum absolute atomic E-state index is 0.0155. The molecule has 1 aromatic carbocycles. The average Bonchev–Trinajstić information content (AvgIpc) is 2.42. The Morgan fingerprint density at radius 2 is 2.05 bits per heavy atom. The summed E-state index contributed by atoms with van der Waals surface area (Å²) in [4.78, 5) is 18.8. The molecule has 4 heteroatoms. The van der Waals surface area contributed by atoms with E-state index in [1.807, 2.05) is 36.1 Å². The number of benzene rings is 1. The third-order valence-electron chi connectivity index (χ3n) is 3.17. The van der Waals surface area contributed by atoms with Crippen LogP contribution in [0.4, 0.5) is 0 Å². The van der Waals surface area contributed by atoms with E-state index in [1.54, 1.807) is 6.07 Å². The van der Waals surface area contributed by atoms with Gasteiger partial charge >= 0.3 is 0 Å². The van der Waals surface area contributed by atoms with E-state index in [9.17, 15) is 4.79 Å². The molecule has 1 amide bonds. The van der Waals surface area contributed by atoms with Gasteiger partial charge in [-0.05, 0) is 25.0 Å². The van der Waals surface area contributed by atoms with E-state index in [1.165, 1.54) is 0 Å². The van der Waals surface area contributed by atoms with Gasteiger partial charge in [0.1, 0.15) is 5.15 Å². The third kappa shape index (κ3) is 3.10. The van der Waals surface area contributed by atoms with Crippen LogP contribution < -0.4 is 0 Å². The molecule has 0 fully saturated rings. The second kappa shape index (κ2) is 6.23. The van der Waals surface area contributed by atoms with Gasteiger partial charge in [0.25, 0.3) is 5.91 Å². The molecular weight excluding hydrogens is 272 g/mol. The fourth-order valence-corrected chi connectivity index (χ4v) is 2.49. The van der Waals surface area contributed by atoms with Crippen LogP contribution in [0.15, 0.2) is 30.3 Å². The first kappa shape index (κ1) is 14.8. The monoisotopic (exact) mass is 290 g/mol. The summed E-state index contributed by atoms with van der Waals surface area (Å²) in [5.41, 5.74) is 1.38. The van der Waals surface area contributed by atoms with Gasteiger partial charge in [-0.2, -0.15) is 0 Å². The van der Waals surface area contributed by atoms with Crippen molar-refractivity contribution in [2.45, 2.75) is 20.8 Å². The fourth-order valence-electron chi connectivity index (χ4n) is 2.29. The van der Waals surface area contributed by atoms with Gasteiger partial charge in [-0.25, -0.2) is 4.98 Å². The van der Waals surface area contributed by atoms with Crippen molar-refractivity contribution < 1.29 is 4.79 Å². The smallest absolute Gasteiger partial charge is 0.254 e. The van der Waals surface area contributed by atoms with Crippen LogP contribution in [0, 0.1) is 5.92 Å². The SMILES string of the molecule is CCN(CC(C)C)C(=O)c1cc(Cl)nc2ccccc12. The Labute approximate surface area is 124 Å². The number of aromatic nitrogens is 1. The molecule has 1 aromatic heterocycles. The normalized spacial score (nSPS) is 11.1. The predicted molar refractivity (Wildman–Crippen MR) is 83.2 cm³/mol. The summed E-state index contributed by atoms with van der Waals surface area (Å²) >= 11 is 6.04. The number of hydrogen-bond acceptors (Lipinski definition) is 2. The van der Waals surface area contributed by atoms with Gasteiger partial charge in [0, 0.05) is 18.5 Å². The maximum Gasteiger partial charge on any atom is 0.254 e. The maximum atomic E-state index is 12.7. The molecule has 0 atom stereocenters. The maximum absolute atomic E-state index is 12.7. The van der Waals surface area contributed by atoms with Crippen molar-refractivity contribution in [2.75, 3.05) is 13.1 Å². The van der Waals surface area contributed by atoms with Crippen molar-refractivity contribution >= 4 is 28.4 Å². The Balaban J connectivity index is 2.48. The van der Waals surface area contributed by atoms with Crippen molar-refractivity contribution in [2.24, 2.45) is 5.92 Å². The van der Waals surface area contributed by atoms with E-state index in [0.29, 0.717) is 23.2 Å². The van der Waals surface area contributed by atoms with Crippen molar-refractivity contribution in [3.8, 4) is 0 Å². The van der Waals surface area contributed by atoms with Gasteiger partial charge in [-0.1, -0.05) is 43.6 Å². The van der Waals surface area contributed by atoms with E-state index in [-0.39, 0.29) is 5.91 Å². The molecule has 0 aliphatic carbocycles. The fraction of sp³-hybridized carbons (Fsp3) is 0.375. The zero-order chi connectivity index (χ0) is 14.7. The van der Waals surface area contributed by atoms with Gasteiger partial charge in [0.15, 0.2) is 0 Å². The summed E-state index contributed by atoms with van der Waals surface area (Å²) in [5.74, 6) is 0.448. The van der Waals surface area contributed by atoms with Crippen LogP contribution in [0.3, 0.4) is 0 Å². The van der Waals surface area contributed by atoms with Gasteiger partial charge in [-0.15, -0.1) is 0 Å². The van der Waals surface area contributed by atoms with Crippen molar-refractivity contribution in [1.29, 1.82) is 0 Å². The summed E-state index contributed by atoms with van der Waals surface area (Å²) in [6.45, 7) is 7.63. The Morgan fingerprint density at radius 1 is 1.35 bits per heavy atom. The number of amides is 1. The van der Waals surface area contributed by atoms with Crippen LogP contribution in [-0.2, 0) is 0 Å². The van der Waals surface area contributed by atoms with Crippen LogP contribution in [0.25, 0.3) is 10.9 Å². The summed E-state index contributed by atoms with van der Waals surface area (Å²) in [6.07, 6.45) is 0. The lowest BCUT2D eigenvalue weighted by Gasteiger charge is -2.23. The van der Waals surface area contributed by atoms with E-state index in [0.717, 1.165) is 17.4 Å². The largest absolute Gasteiger partial charge is 0.339 e. The molecule has 0 radical (unpaired) electrons. The number of rotatable bonds is 4. The molecular formula is C16H19ClN2O. The van der Waals surface area contributed by atoms with Crippen molar-refractivity contribution in [3.63, 3.8) is 0 Å². The number of fused-ring (bicyclic) bond motifs is 1. The predicted octanol–water partition coefficient (Wildman–Crippen LogP) is 4.01.